The van der Waals surface area contributed by atoms with E-state index in [9.17, 15) is 4.79 Å². The van der Waals surface area contributed by atoms with Gasteiger partial charge in [-0.1, -0.05) is 38.1 Å². The quantitative estimate of drug-likeness (QED) is 0.314. The summed E-state index contributed by atoms with van der Waals surface area (Å²) in [6, 6.07) is 19.6. The first kappa shape index (κ1) is 24.3. The Labute approximate surface area is 214 Å². The highest BCUT2D eigenvalue weighted by Crippen LogP contribution is 2.35. The summed E-state index contributed by atoms with van der Waals surface area (Å²) in [4.78, 5) is 15.0. The van der Waals surface area contributed by atoms with Gasteiger partial charge in [-0.2, -0.15) is 0 Å². The molecule has 0 atom stereocenters. The van der Waals surface area contributed by atoms with Crippen LogP contribution in [-0.4, -0.2) is 38.5 Å². The largest absolute Gasteiger partial charge is 0.490 e. The van der Waals surface area contributed by atoms with Gasteiger partial charge in [-0.25, -0.2) is 9.78 Å². The van der Waals surface area contributed by atoms with E-state index < -0.39 is 6.09 Å². The molecular formula is C28H28N4O5. The first-order valence-corrected chi connectivity index (χ1v) is 12.1. The van der Waals surface area contributed by atoms with E-state index in [1.54, 1.807) is 19.2 Å². The molecule has 0 saturated heterocycles. The molecule has 0 aliphatic heterocycles. The summed E-state index contributed by atoms with van der Waals surface area (Å²) < 4.78 is 17.3. The number of carbonyl (C=O) groups is 1. The summed E-state index contributed by atoms with van der Waals surface area (Å²) in [5, 5.41) is 19.1. The fourth-order valence-electron chi connectivity index (χ4n) is 4.30. The van der Waals surface area contributed by atoms with Crippen LogP contribution in [0.5, 0.6) is 17.4 Å². The van der Waals surface area contributed by atoms with Crippen molar-refractivity contribution < 1.29 is 23.8 Å². The van der Waals surface area contributed by atoms with Crippen LogP contribution in [0.1, 0.15) is 43.7 Å². The third-order valence-corrected chi connectivity index (χ3v) is 6.61. The van der Waals surface area contributed by atoms with Crippen molar-refractivity contribution in [1.29, 1.82) is 0 Å². The molecule has 1 saturated carbocycles. The number of amides is 1. The molecule has 0 spiro atoms. The van der Waals surface area contributed by atoms with Crippen molar-refractivity contribution in [3.8, 4) is 28.8 Å². The van der Waals surface area contributed by atoms with E-state index >= 15 is 0 Å². The fourth-order valence-corrected chi connectivity index (χ4v) is 4.30. The number of aromatic nitrogens is 3. The highest BCUT2D eigenvalue weighted by atomic mass is 16.5. The van der Waals surface area contributed by atoms with Gasteiger partial charge in [-0.3, -0.25) is 0 Å². The van der Waals surface area contributed by atoms with Crippen LogP contribution < -0.4 is 14.8 Å². The van der Waals surface area contributed by atoms with Gasteiger partial charge in [0.2, 0.25) is 17.7 Å². The molecule has 0 bridgehead atoms. The Kier molecular flexibility index (Phi) is 6.52. The Bertz CT molecular complexity index is 1360. The smallest absolute Gasteiger partial charge is 0.404 e. The molecule has 1 aliphatic rings. The number of pyridine rings is 1. The Balaban J connectivity index is 1.19. The average molecular weight is 501 g/mol. The van der Waals surface area contributed by atoms with Crippen LogP contribution in [0, 0.1) is 6.92 Å². The highest BCUT2D eigenvalue weighted by Gasteiger charge is 2.32. The molecular weight excluding hydrogens is 472 g/mol. The molecule has 9 heteroatoms. The SMILES string of the molecule is Cc1nnc(-c2ccc(Oc3ccc(C(C)(C)c4ccc(OC5CC(NC(=O)O)C5)cc4)cc3)nc2)o1. The van der Waals surface area contributed by atoms with Gasteiger partial charge in [0.1, 0.15) is 17.6 Å². The standard InChI is InChI=1S/C28H28N4O5/c1-17-31-32-26(35-17)18-4-13-25(29-16-18)37-23-11-7-20(8-12-23)28(2,3)19-5-9-22(10-6-19)36-24-14-21(15-24)30-27(33)34/h4-13,16,21,24,30H,14-15H2,1-3H3,(H,33,34). The highest BCUT2D eigenvalue weighted by molar-refractivity contribution is 5.65. The molecule has 2 aromatic heterocycles. The summed E-state index contributed by atoms with van der Waals surface area (Å²) in [6.45, 7) is 6.09. The molecule has 1 fully saturated rings. The van der Waals surface area contributed by atoms with Crippen LogP contribution in [0.15, 0.2) is 71.3 Å². The van der Waals surface area contributed by atoms with E-state index in [2.05, 4.69) is 58.6 Å². The number of hydrogen-bond donors (Lipinski definition) is 2. The first-order chi connectivity index (χ1) is 17.8. The monoisotopic (exact) mass is 500 g/mol. The normalized spacial score (nSPS) is 17.1. The number of rotatable bonds is 8. The zero-order valence-corrected chi connectivity index (χ0v) is 20.8. The van der Waals surface area contributed by atoms with E-state index in [0.717, 1.165) is 22.4 Å². The van der Waals surface area contributed by atoms with Crippen molar-refractivity contribution >= 4 is 6.09 Å². The van der Waals surface area contributed by atoms with E-state index in [1.807, 2.05) is 30.3 Å². The zero-order valence-electron chi connectivity index (χ0n) is 20.8. The third kappa shape index (κ3) is 5.55. The average Bonchev–Trinajstić information content (AvgIpc) is 3.30. The van der Waals surface area contributed by atoms with Gasteiger partial charge in [0.15, 0.2) is 0 Å². The van der Waals surface area contributed by atoms with Crippen LogP contribution in [-0.2, 0) is 5.41 Å². The summed E-state index contributed by atoms with van der Waals surface area (Å²) in [5.74, 6) is 2.87. The second kappa shape index (κ2) is 9.93. The van der Waals surface area contributed by atoms with Crippen molar-refractivity contribution in [3.05, 3.63) is 83.9 Å². The number of benzene rings is 2. The minimum Gasteiger partial charge on any atom is -0.490 e. The molecule has 2 heterocycles. The topological polar surface area (TPSA) is 120 Å². The van der Waals surface area contributed by atoms with Crippen molar-refractivity contribution in [2.75, 3.05) is 0 Å². The van der Waals surface area contributed by atoms with Gasteiger partial charge >= 0.3 is 6.09 Å². The fraction of sp³-hybridized carbons (Fsp3) is 0.286. The molecule has 0 unspecified atom stereocenters. The maximum absolute atomic E-state index is 10.7. The van der Waals surface area contributed by atoms with Gasteiger partial charge < -0.3 is 24.3 Å². The van der Waals surface area contributed by atoms with Gasteiger partial charge in [0.05, 0.1) is 5.56 Å². The van der Waals surface area contributed by atoms with E-state index in [1.165, 1.54) is 0 Å². The third-order valence-electron chi connectivity index (χ3n) is 6.61. The van der Waals surface area contributed by atoms with Gasteiger partial charge in [-0.15, -0.1) is 10.2 Å². The first-order valence-electron chi connectivity index (χ1n) is 12.1. The molecule has 1 amide bonds. The lowest BCUT2D eigenvalue weighted by molar-refractivity contribution is 0.0833. The Morgan fingerprint density at radius 1 is 0.973 bits per heavy atom. The number of carboxylic acid groups (broad SMARTS) is 1. The number of aryl methyl sites for hydroxylation is 1. The minimum atomic E-state index is -0.989. The maximum Gasteiger partial charge on any atom is 0.404 e. The van der Waals surface area contributed by atoms with Crippen molar-refractivity contribution in [2.45, 2.75) is 51.2 Å². The predicted octanol–water partition coefficient (Wildman–Crippen LogP) is 5.74. The van der Waals surface area contributed by atoms with Gasteiger partial charge in [0, 0.05) is 43.5 Å². The van der Waals surface area contributed by atoms with Crippen molar-refractivity contribution in [2.24, 2.45) is 0 Å². The van der Waals surface area contributed by atoms with E-state index in [4.69, 9.17) is 19.0 Å². The second-order valence-electron chi connectivity index (χ2n) is 9.64. The number of nitrogens with one attached hydrogen (secondary N) is 1. The zero-order chi connectivity index (χ0) is 26.0. The predicted molar refractivity (Wildman–Crippen MR) is 136 cm³/mol. The molecule has 5 rings (SSSR count). The molecule has 4 aromatic rings. The molecule has 0 radical (unpaired) electrons. The van der Waals surface area contributed by atoms with Crippen LogP contribution in [0.2, 0.25) is 0 Å². The molecule has 9 nitrogen and oxygen atoms in total. The lowest BCUT2D eigenvalue weighted by Crippen LogP contribution is -2.48. The Morgan fingerprint density at radius 2 is 1.62 bits per heavy atom. The lowest BCUT2D eigenvalue weighted by atomic mass is 9.78. The lowest BCUT2D eigenvalue weighted by Gasteiger charge is -2.35. The minimum absolute atomic E-state index is 0.0243. The summed E-state index contributed by atoms with van der Waals surface area (Å²) in [6.07, 6.45) is 2.07. The van der Waals surface area contributed by atoms with Crippen LogP contribution in [0.3, 0.4) is 0 Å². The molecule has 1 aliphatic carbocycles. The van der Waals surface area contributed by atoms with Crippen molar-refractivity contribution in [1.82, 2.24) is 20.5 Å². The number of nitrogens with zero attached hydrogens (tertiary/aromatic N) is 3. The van der Waals surface area contributed by atoms with E-state index in [0.29, 0.717) is 36.3 Å². The van der Waals surface area contributed by atoms with Gasteiger partial charge in [0.25, 0.3) is 0 Å². The van der Waals surface area contributed by atoms with Crippen LogP contribution in [0.4, 0.5) is 4.79 Å². The molecule has 190 valence electrons. The Morgan fingerprint density at radius 3 is 2.16 bits per heavy atom. The summed E-state index contributed by atoms with van der Waals surface area (Å²) >= 11 is 0. The van der Waals surface area contributed by atoms with Crippen molar-refractivity contribution in [3.63, 3.8) is 0 Å². The summed E-state index contributed by atoms with van der Waals surface area (Å²) in [7, 11) is 0. The Hall–Kier alpha value is -4.40. The maximum atomic E-state index is 10.7. The van der Waals surface area contributed by atoms with E-state index in [-0.39, 0.29) is 17.6 Å². The van der Waals surface area contributed by atoms with Crippen LogP contribution in [0.25, 0.3) is 11.5 Å². The van der Waals surface area contributed by atoms with Gasteiger partial charge in [-0.05, 0) is 41.5 Å². The van der Waals surface area contributed by atoms with Crippen LogP contribution >= 0.6 is 0 Å². The molecule has 2 N–H and O–H groups in total. The summed E-state index contributed by atoms with van der Waals surface area (Å²) in [5.41, 5.74) is 2.80. The second-order valence-corrected chi connectivity index (χ2v) is 9.64. The molecule has 2 aromatic carbocycles. The molecule has 37 heavy (non-hydrogen) atoms. The number of hydrogen-bond acceptors (Lipinski definition) is 7. The number of ether oxygens (including phenoxy) is 2.